The molecule has 0 saturated heterocycles. The Morgan fingerprint density at radius 1 is 0.191 bits per heavy atom. The van der Waals surface area contributed by atoms with E-state index < -0.39 is 0 Å². The SMILES string of the molecule is Fc1cc(-c2c3ccccc3c(-c3ccc(-c4ccccc4)c(F)c3)c3c(-c4ccc(-c5ccccc5)cc4)c4ccccc4c(-c4ccc(-c5ccccc5)cc4)c23)ccc1-c1ccccc1. The van der Waals surface area contributed by atoms with Crippen molar-refractivity contribution in [1.29, 1.82) is 0 Å². The molecular weight excluding hydrogens is 831 g/mol. The molecule has 0 nitrogen and oxygen atoms in total. The lowest BCUT2D eigenvalue weighted by Crippen LogP contribution is -1.99. The predicted molar refractivity (Wildman–Crippen MR) is 282 cm³/mol. The van der Waals surface area contributed by atoms with E-state index in [1.165, 1.54) is 0 Å². The highest BCUT2D eigenvalue weighted by atomic mass is 19.1. The zero-order chi connectivity index (χ0) is 45.6. The Hall–Kier alpha value is -8.72. The molecule has 0 fully saturated rings. The van der Waals surface area contributed by atoms with Crippen LogP contribution in [-0.4, -0.2) is 0 Å². The number of fused-ring (bicyclic) bond motifs is 3. The van der Waals surface area contributed by atoms with Crippen LogP contribution >= 0.6 is 0 Å². The van der Waals surface area contributed by atoms with Gasteiger partial charge in [0.15, 0.2) is 0 Å². The van der Waals surface area contributed by atoms with Gasteiger partial charge in [0.05, 0.1) is 0 Å². The van der Waals surface area contributed by atoms with Gasteiger partial charge in [-0.25, -0.2) is 8.78 Å². The first-order valence-corrected chi connectivity index (χ1v) is 23.0. The van der Waals surface area contributed by atoms with Gasteiger partial charge in [-0.15, -0.1) is 0 Å². The first-order chi connectivity index (χ1) is 33.6. The molecule has 0 bridgehead atoms. The van der Waals surface area contributed by atoms with Crippen LogP contribution < -0.4 is 0 Å². The second-order valence-corrected chi connectivity index (χ2v) is 17.3. The van der Waals surface area contributed by atoms with Crippen molar-refractivity contribution in [3.05, 3.63) is 266 Å². The van der Waals surface area contributed by atoms with E-state index in [9.17, 15) is 0 Å². The summed E-state index contributed by atoms with van der Waals surface area (Å²) < 4.78 is 33.9. The second kappa shape index (κ2) is 17.3. The zero-order valence-electron chi connectivity index (χ0n) is 37.0. The summed E-state index contributed by atoms with van der Waals surface area (Å²) in [6.45, 7) is 0. The largest absolute Gasteiger partial charge is 0.206 e. The average molecular weight is 873 g/mol. The summed E-state index contributed by atoms with van der Waals surface area (Å²) in [6, 6.07) is 86.2. The summed E-state index contributed by atoms with van der Waals surface area (Å²) >= 11 is 0. The molecule has 2 heteroatoms. The van der Waals surface area contributed by atoms with Crippen LogP contribution in [-0.2, 0) is 0 Å². The van der Waals surface area contributed by atoms with Gasteiger partial charge in [-0.3, -0.25) is 0 Å². The molecule has 12 aromatic rings. The maximum Gasteiger partial charge on any atom is 0.131 e. The van der Waals surface area contributed by atoms with Gasteiger partial charge < -0.3 is 0 Å². The molecule has 0 aromatic heterocycles. The van der Waals surface area contributed by atoms with Crippen molar-refractivity contribution in [2.75, 3.05) is 0 Å². The number of halogens is 2. The Labute approximate surface area is 394 Å². The van der Waals surface area contributed by atoms with E-state index in [4.69, 9.17) is 0 Å². The van der Waals surface area contributed by atoms with Crippen molar-refractivity contribution in [3.8, 4) is 89.0 Å². The van der Waals surface area contributed by atoms with E-state index >= 15 is 8.78 Å². The van der Waals surface area contributed by atoms with Crippen LogP contribution in [0.5, 0.6) is 0 Å². The average Bonchev–Trinajstić information content (AvgIpc) is 3.40. The minimum Gasteiger partial charge on any atom is -0.206 e. The van der Waals surface area contributed by atoms with Crippen LogP contribution in [0.4, 0.5) is 8.78 Å². The van der Waals surface area contributed by atoms with Crippen LogP contribution in [0.3, 0.4) is 0 Å². The van der Waals surface area contributed by atoms with E-state index in [-0.39, 0.29) is 11.6 Å². The number of benzene rings is 12. The lowest BCUT2D eigenvalue weighted by atomic mass is 9.77. The van der Waals surface area contributed by atoms with Gasteiger partial charge in [0.25, 0.3) is 0 Å². The van der Waals surface area contributed by atoms with Gasteiger partial charge in [0.2, 0.25) is 0 Å². The van der Waals surface area contributed by atoms with Crippen molar-refractivity contribution < 1.29 is 8.78 Å². The molecule has 12 aromatic carbocycles. The number of hydrogen-bond donors (Lipinski definition) is 0. The van der Waals surface area contributed by atoms with Crippen LogP contribution in [0.2, 0.25) is 0 Å². The highest BCUT2D eigenvalue weighted by molar-refractivity contribution is 6.34. The lowest BCUT2D eigenvalue weighted by molar-refractivity contribution is 0.631. The van der Waals surface area contributed by atoms with E-state index in [1.54, 1.807) is 12.1 Å². The van der Waals surface area contributed by atoms with Crippen LogP contribution in [0.1, 0.15) is 0 Å². The molecule has 0 radical (unpaired) electrons. The van der Waals surface area contributed by atoms with Gasteiger partial charge in [-0.2, -0.15) is 0 Å². The molecule has 0 atom stereocenters. The maximum atomic E-state index is 17.0. The molecule has 12 rings (SSSR count). The van der Waals surface area contributed by atoms with Gasteiger partial charge in [-0.1, -0.05) is 243 Å². The van der Waals surface area contributed by atoms with Crippen LogP contribution in [0.15, 0.2) is 255 Å². The molecule has 0 saturated carbocycles. The summed E-state index contributed by atoms with van der Waals surface area (Å²) in [5.74, 6) is -0.611. The zero-order valence-corrected chi connectivity index (χ0v) is 37.0. The van der Waals surface area contributed by atoms with E-state index in [1.807, 2.05) is 97.1 Å². The fourth-order valence-corrected chi connectivity index (χ4v) is 10.3. The molecule has 0 N–H and O–H groups in total. The highest BCUT2D eigenvalue weighted by Crippen LogP contribution is 2.54. The molecule has 0 aliphatic carbocycles. The Kier molecular flexibility index (Phi) is 10.3. The van der Waals surface area contributed by atoms with Gasteiger partial charge in [0, 0.05) is 11.1 Å². The lowest BCUT2D eigenvalue weighted by Gasteiger charge is -2.25. The molecular formula is C66H42F2. The summed E-state index contributed by atoms with van der Waals surface area (Å²) in [6.07, 6.45) is 0. The summed E-state index contributed by atoms with van der Waals surface area (Å²) in [7, 11) is 0. The van der Waals surface area contributed by atoms with E-state index in [2.05, 4.69) is 146 Å². The van der Waals surface area contributed by atoms with Crippen LogP contribution in [0.25, 0.3) is 121 Å². The summed E-state index contributed by atoms with van der Waals surface area (Å²) in [5, 5.41) is 5.93. The normalized spacial score (nSPS) is 11.4. The van der Waals surface area contributed by atoms with Gasteiger partial charge in [0.1, 0.15) is 11.6 Å². The van der Waals surface area contributed by atoms with E-state index in [0.29, 0.717) is 11.1 Å². The quantitative estimate of drug-likeness (QED) is 0.133. The fraction of sp³-hybridized carbons (Fsp3) is 0. The molecule has 0 heterocycles. The van der Waals surface area contributed by atoms with Crippen molar-refractivity contribution >= 4 is 32.3 Å². The monoisotopic (exact) mass is 872 g/mol. The summed E-state index contributed by atoms with van der Waals surface area (Å²) in [5.41, 5.74) is 14.6. The highest BCUT2D eigenvalue weighted by Gasteiger charge is 2.27. The third-order valence-corrected chi connectivity index (χ3v) is 13.4. The Morgan fingerprint density at radius 3 is 0.735 bits per heavy atom. The second-order valence-electron chi connectivity index (χ2n) is 17.3. The van der Waals surface area contributed by atoms with Gasteiger partial charge in [-0.05, 0) is 122 Å². The molecule has 0 unspecified atom stereocenters. The van der Waals surface area contributed by atoms with E-state index in [0.717, 1.165) is 110 Å². The number of rotatable bonds is 8. The number of hydrogen-bond acceptors (Lipinski definition) is 0. The molecule has 0 aliphatic heterocycles. The minimum atomic E-state index is -0.306. The molecule has 0 spiro atoms. The van der Waals surface area contributed by atoms with Crippen molar-refractivity contribution in [1.82, 2.24) is 0 Å². The Balaban J connectivity index is 1.25. The predicted octanol–water partition coefficient (Wildman–Crippen LogP) is 18.8. The third-order valence-electron chi connectivity index (χ3n) is 13.4. The fourth-order valence-electron chi connectivity index (χ4n) is 10.3. The molecule has 0 amide bonds. The summed E-state index contributed by atoms with van der Waals surface area (Å²) in [4.78, 5) is 0. The Morgan fingerprint density at radius 2 is 0.426 bits per heavy atom. The standard InChI is InChI=1S/C66H42F2/c67-59-41-51(37-39-53(59)47-21-9-3-10-22-47)63-57-27-15-16-28-58(57)64(52-38-40-54(60(68)42-52)48-23-11-4-12-24-48)66-62(50-35-31-46(32-36-50)44-19-7-2-8-20-44)56-26-14-13-25-55(56)61(65(63)66)49-33-29-45(30-34-49)43-17-5-1-6-18-43/h1-42H. The van der Waals surface area contributed by atoms with Gasteiger partial charge >= 0.3 is 0 Å². The van der Waals surface area contributed by atoms with Crippen molar-refractivity contribution in [2.45, 2.75) is 0 Å². The van der Waals surface area contributed by atoms with Crippen molar-refractivity contribution in [2.24, 2.45) is 0 Å². The first kappa shape index (κ1) is 40.8. The van der Waals surface area contributed by atoms with Crippen molar-refractivity contribution in [3.63, 3.8) is 0 Å². The van der Waals surface area contributed by atoms with Crippen LogP contribution in [0, 0.1) is 11.6 Å². The molecule has 320 valence electrons. The maximum absolute atomic E-state index is 17.0. The molecule has 0 aliphatic rings. The topological polar surface area (TPSA) is 0 Å². The third kappa shape index (κ3) is 7.15. The molecule has 68 heavy (non-hydrogen) atoms. The minimum absolute atomic E-state index is 0.306. The smallest absolute Gasteiger partial charge is 0.131 e. The Bertz CT molecular complexity index is 3550. The first-order valence-electron chi connectivity index (χ1n) is 23.0.